The van der Waals surface area contributed by atoms with Gasteiger partial charge in [0.05, 0.1) is 0 Å². The summed E-state index contributed by atoms with van der Waals surface area (Å²) < 4.78 is 4.51. The molecule has 0 aliphatic rings. The van der Waals surface area contributed by atoms with Crippen LogP contribution in [0.5, 0.6) is 0 Å². The molecular weight excluding hydrogens is 200 g/mol. The lowest BCUT2D eigenvalue weighted by Gasteiger charge is -2.10. The standard InChI is InChI=1S/C6H11BrO3/c1-2-3-5(4-7)10-6(8)9/h5H,2-4H2,1H3,(H,8,9). The van der Waals surface area contributed by atoms with Crippen molar-refractivity contribution in [2.24, 2.45) is 0 Å². The minimum Gasteiger partial charge on any atom is -0.450 e. The Morgan fingerprint density at radius 2 is 2.40 bits per heavy atom. The summed E-state index contributed by atoms with van der Waals surface area (Å²) in [7, 11) is 0. The van der Waals surface area contributed by atoms with Crippen molar-refractivity contribution in [1.82, 2.24) is 0 Å². The van der Waals surface area contributed by atoms with E-state index in [2.05, 4.69) is 20.7 Å². The molecule has 0 aromatic carbocycles. The van der Waals surface area contributed by atoms with E-state index in [1.165, 1.54) is 0 Å². The normalized spacial score (nSPS) is 12.6. The topological polar surface area (TPSA) is 46.5 Å². The highest BCUT2D eigenvalue weighted by molar-refractivity contribution is 9.09. The smallest absolute Gasteiger partial charge is 0.450 e. The van der Waals surface area contributed by atoms with Gasteiger partial charge in [0, 0.05) is 5.33 Å². The largest absolute Gasteiger partial charge is 0.506 e. The number of hydrogen-bond acceptors (Lipinski definition) is 2. The van der Waals surface area contributed by atoms with Crippen LogP contribution in [-0.2, 0) is 4.74 Å². The van der Waals surface area contributed by atoms with E-state index in [4.69, 9.17) is 5.11 Å². The third-order valence-corrected chi connectivity index (χ3v) is 1.77. The zero-order chi connectivity index (χ0) is 7.98. The first-order valence-corrected chi connectivity index (χ1v) is 4.28. The number of halogens is 1. The molecular formula is C6H11BrO3. The lowest BCUT2D eigenvalue weighted by molar-refractivity contribution is 0.0578. The van der Waals surface area contributed by atoms with Crippen LogP contribution in [0, 0.1) is 0 Å². The Balaban J connectivity index is 3.49. The van der Waals surface area contributed by atoms with Crippen LogP contribution in [0.1, 0.15) is 19.8 Å². The Kier molecular flexibility index (Phi) is 5.39. The van der Waals surface area contributed by atoms with E-state index in [9.17, 15) is 4.79 Å². The zero-order valence-electron chi connectivity index (χ0n) is 5.84. The third kappa shape index (κ3) is 4.61. The predicted octanol–water partition coefficient (Wildman–Crippen LogP) is 2.24. The molecule has 0 aliphatic heterocycles. The van der Waals surface area contributed by atoms with Crippen LogP contribution < -0.4 is 0 Å². The maximum absolute atomic E-state index is 10.0. The molecule has 0 rings (SSSR count). The second-order valence-corrected chi connectivity index (χ2v) is 2.60. The fourth-order valence-corrected chi connectivity index (χ4v) is 1.09. The summed E-state index contributed by atoms with van der Waals surface area (Å²) in [6.45, 7) is 1.99. The first kappa shape index (κ1) is 9.75. The molecule has 0 saturated carbocycles. The maximum atomic E-state index is 10.0. The van der Waals surface area contributed by atoms with Gasteiger partial charge in [0.15, 0.2) is 0 Å². The Morgan fingerprint density at radius 3 is 2.70 bits per heavy atom. The molecule has 0 aromatic rings. The van der Waals surface area contributed by atoms with Gasteiger partial charge in [-0.3, -0.25) is 0 Å². The van der Waals surface area contributed by atoms with E-state index < -0.39 is 6.16 Å². The molecule has 1 atom stereocenters. The van der Waals surface area contributed by atoms with Gasteiger partial charge < -0.3 is 9.84 Å². The molecule has 0 saturated heterocycles. The van der Waals surface area contributed by atoms with Crippen LogP contribution in [0.15, 0.2) is 0 Å². The van der Waals surface area contributed by atoms with Gasteiger partial charge in [-0.2, -0.15) is 0 Å². The molecule has 10 heavy (non-hydrogen) atoms. The van der Waals surface area contributed by atoms with Crippen molar-refractivity contribution < 1.29 is 14.6 Å². The summed E-state index contributed by atoms with van der Waals surface area (Å²) in [5.74, 6) is 0. The number of ether oxygens (including phenoxy) is 1. The number of carboxylic acid groups (broad SMARTS) is 1. The molecule has 0 radical (unpaired) electrons. The van der Waals surface area contributed by atoms with Gasteiger partial charge in [0.2, 0.25) is 0 Å². The van der Waals surface area contributed by atoms with Crippen molar-refractivity contribution in [2.45, 2.75) is 25.9 Å². The van der Waals surface area contributed by atoms with Crippen molar-refractivity contribution in [1.29, 1.82) is 0 Å². The summed E-state index contributed by atoms with van der Waals surface area (Å²) in [6, 6.07) is 0. The quantitative estimate of drug-likeness (QED) is 0.572. The van der Waals surface area contributed by atoms with Crippen molar-refractivity contribution in [3.05, 3.63) is 0 Å². The average Bonchev–Trinajstić information content (AvgIpc) is 1.86. The number of carbonyl (C=O) groups is 1. The third-order valence-electron chi connectivity index (χ3n) is 1.05. The van der Waals surface area contributed by atoms with Crippen molar-refractivity contribution in [3.63, 3.8) is 0 Å². The summed E-state index contributed by atoms with van der Waals surface area (Å²) in [4.78, 5) is 10.0. The van der Waals surface area contributed by atoms with E-state index in [-0.39, 0.29) is 6.10 Å². The molecule has 0 fully saturated rings. The van der Waals surface area contributed by atoms with Crippen LogP contribution in [-0.4, -0.2) is 22.7 Å². The lowest BCUT2D eigenvalue weighted by Crippen LogP contribution is -2.17. The average molecular weight is 211 g/mol. The van der Waals surface area contributed by atoms with Crippen LogP contribution in [0.25, 0.3) is 0 Å². The highest BCUT2D eigenvalue weighted by Gasteiger charge is 2.09. The number of alkyl halides is 1. The van der Waals surface area contributed by atoms with Crippen LogP contribution in [0.3, 0.4) is 0 Å². The highest BCUT2D eigenvalue weighted by atomic mass is 79.9. The van der Waals surface area contributed by atoms with Crippen LogP contribution in [0.4, 0.5) is 4.79 Å². The minimum atomic E-state index is -1.20. The molecule has 0 spiro atoms. The molecule has 0 amide bonds. The number of hydrogen-bond donors (Lipinski definition) is 1. The molecule has 3 nitrogen and oxygen atoms in total. The number of rotatable bonds is 4. The van der Waals surface area contributed by atoms with Gasteiger partial charge >= 0.3 is 6.16 Å². The Labute approximate surface area is 68.5 Å². The predicted molar refractivity (Wildman–Crippen MR) is 41.6 cm³/mol. The fraction of sp³-hybridized carbons (Fsp3) is 0.833. The molecule has 0 heterocycles. The lowest BCUT2D eigenvalue weighted by atomic mass is 10.2. The molecule has 0 bridgehead atoms. The monoisotopic (exact) mass is 210 g/mol. The van der Waals surface area contributed by atoms with Gasteiger partial charge in [0.25, 0.3) is 0 Å². The molecule has 60 valence electrons. The summed E-state index contributed by atoms with van der Waals surface area (Å²) >= 11 is 3.16. The molecule has 0 aliphatic carbocycles. The molecule has 0 aromatic heterocycles. The van der Waals surface area contributed by atoms with Gasteiger partial charge in [-0.15, -0.1) is 0 Å². The highest BCUT2D eigenvalue weighted by Crippen LogP contribution is 2.05. The second kappa shape index (κ2) is 5.53. The van der Waals surface area contributed by atoms with Gasteiger partial charge in [0.1, 0.15) is 6.10 Å². The van der Waals surface area contributed by atoms with E-state index in [0.29, 0.717) is 5.33 Å². The molecule has 1 N–H and O–H groups in total. The SMILES string of the molecule is CCCC(CBr)OC(=O)O. The van der Waals surface area contributed by atoms with E-state index in [0.717, 1.165) is 12.8 Å². The van der Waals surface area contributed by atoms with Crippen LogP contribution >= 0.6 is 15.9 Å². The second-order valence-electron chi connectivity index (χ2n) is 1.95. The first-order valence-electron chi connectivity index (χ1n) is 3.16. The Hall–Kier alpha value is -0.250. The Bertz CT molecular complexity index is 105. The minimum absolute atomic E-state index is 0.192. The summed E-state index contributed by atoms with van der Waals surface area (Å²) in [6.07, 6.45) is 0.321. The maximum Gasteiger partial charge on any atom is 0.506 e. The van der Waals surface area contributed by atoms with Crippen LogP contribution in [0.2, 0.25) is 0 Å². The molecule has 1 unspecified atom stereocenters. The summed E-state index contributed by atoms with van der Waals surface area (Å²) in [5, 5.41) is 8.78. The zero-order valence-corrected chi connectivity index (χ0v) is 7.43. The van der Waals surface area contributed by atoms with Crippen molar-refractivity contribution in [2.75, 3.05) is 5.33 Å². The van der Waals surface area contributed by atoms with Crippen molar-refractivity contribution in [3.8, 4) is 0 Å². The van der Waals surface area contributed by atoms with E-state index >= 15 is 0 Å². The van der Waals surface area contributed by atoms with Gasteiger partial charge in [-0.25, -0.2) is 4.79 Å². The molecule has 4 heteroatoms. The van der Waals surface area contributed by atoms with Gasteiger partial charge in [-0.05, 0) is 6.42 Å². The van der Waals surface area contributed by atoms with E-state index in [1.54, 1.807) is 0 Å². The Morgan fingerprint density at radius 1 is 1.80 bits per heavy atom. The fourth-order valence-electron chi connectivity index (χ4n) is 0.632. The first-order chi connectivity index (χ1) is 4.70. The van der Waals surface area contributed by atoms with Crippen molar-refractivity contribution >= 4 is 22.1 Å². The van der Waals surface area contributed by atoms with Gasteiger partial charge in [-0.1, -0.05) is 29.3 Å². The van der Waals surface area contributed by atoms with E-state index in [1.807, 2.05) is 6.92 Å². The summed E-state index contributed by atoms with van der Waals surface area (Å²) in [5.41, 5.74) is 0.